The van der Waals surface area contributed by atoms with Gasteiger partial charge in [-0.1, -0.05) is 32.3 Å². The number of phenolic OH excluding ortho intramolecular Hbond substituents is 1. The van der Waals surface area contributed by atoms with Gasteiger partial charge < -0.3 is 5.11 Å². The summed E-state index contributed by atoms with van der Waals surface area (Å²) in [5.74, 6) is -0.0887. The van der Waals surface area contributed by atoms with Crippen molar-refractivity contribution in [2.24, 2.45) is 0 Å². The molecule has 5 heteroatoms. The first-order chi connectivity index (χ1) is 8.11. The third kappa shape index (κ3) is 8.64. The fraction of sp³-hybridized carbons (Fsp3) is 0.500. The molecule has 1 N–H and O–H groups in total. The van der Waals surface area contributed by atoms with Crippen LogP contribution in [0.5, 0.6) is 5.75 Å². The minimum absolute atomic E-state index is 0.0887. The van der Waals surface area contributed by atoms with Gasteiger partial charge in [-0.3, -0.25) is 10.1 Å². The number of aromatic hydroxyl groups is 1. The summed E-state index contributed by atoms with van der Waals surface area (Å²) in [5, 5.41) is 18.8. The van der Waals surface area contributed by atoms with Gasteiger partial charge >= 0.3 is 0 Å². The highest BCUT2D eigenvalue weighted by Crippen LogP contribution is 2.16. The number of hydrogen-bond donors (Lipinski definition) is 1. The lowest BCUT2D eigenvalue weighted by atomic mass is 10.2. The SMILES string of the molecule is CCCCCCP.O=[N+]([O-])c1cccc(O)c1. The van der Waals surface area contributed by atoms with E-state index in [4.69, 9.17) is 5.11 Å². The third-order valence-electron chi connectivity index (χ3n) is 2.10. The second-order valence-corrected chi connectivity index (χ2v) is 4.20. The summed E-state index contributed by atoms with van der Waals surface area (Å²) in [7, 11) is 2.75. The zero-order valence-electron chi connectivity index (χ0n) is 10.1. The Balaban J connectivity index is 0.000000325. The molecule has 0 saturated heterocycles. The van der Waals surface area contributed by atoms with Gasteiger partial charge in [0.25, 0.3) is 5.69 Å². The van der Waals surface area contributed by atoms with Crippen LogP contribution in [-0.2, 0) is 0 Å². The zero-order chi connectivity index (χ0) is 13.1. The number of nitro benzene ring substituents is 1. The van der Waals surface area contributed by atoms with Crippen LogP contribution in [-0.4, -0.2) is 16.2 Å². The molecule has 0 radical (unpaired) electrons. The Labute approximate surface area is 104 Å². The Bertz CT molecular complexity index is 327. The maximum atomic E-state index is 10.0. The molecule has 0 aliphatic rings. The summed E-state index contributed by atoms with van der Waals surface area (Å²) >= 11 is 0. The van der Waals surface area contributed by atoms with Gasteiger partial charge in [0, 0.05) is 6.07 Å². The molecule has 0 aliphatic carbocycles. The number of benzene rings is 1. The summed E-state index contributed by atoms with van der Waals surface area (Å²) in [6, 6.07) is 5.22. The lowest BCUT2D eigenvalue weighted by molar-refractivity contribution is -0.384. The van der Waals surface area contributed by atoms with Crippen LogP contribution in [0.3, 0.4) is 0 Å². The van der Waals surface area contributed by atoms with Gasteiger partial charge in [-0.05, 0) is 18.6 Å². The molecule has 0 amide bonds. The predicted molar refractivity (Wildman–Crippen MR) is 73.5 cm³/mol. The van der Waals surface area contributed by atoms with E-state index in [9.17, 15) is 10.1 Å². The average molecular weight is 257 g/mol. The second kappa shape index (κ2) is 10.0. The standard InChI is InChI=1S/C6H5NO3.C6H15P/c8-6-3-1-2-5(4-6)7(9)10;1-2-3-4-5-6-7/h1-4,8H;2-7H2,1H3. The summed E-state index contributed by atoms with van der Waals surface area (Å²) in [4.78, 5) is 9.49. The number of unbranched alkanes of at least 4 members (excludes halogenated alkanes) is 3. The Kier molecular flexibility index (Phi) is 9.35. The molecule has 0 fully saturated rings. The average Bonchev–Trinajstić information content (AvgIpc) is 2.30. The molecule has 0 spiro atoms. The number of rotatable bonds is 5. The van der Waals surface area contributed by atoms with Gasteiger partial charge in [-0.15, -0.1) is 9.24 Å². The molecule has 0 aliphatic heterocycles. The highest BCUT2D eigenvalue weighted by molar-refractivity contribution is 7.16. The van der Waals surface area contributed by atoms with Crippen LogP contribution < -0.4 is 0 Å². The maximum absolute atomic E-state index is 10.0. The van der Waals surface area contributed by atoms with E-state index in [0.29, 0.717) is 0 Å². The van der Waals surface area contributed by atoms with Crippen molar-refractivity contribution in [2.75, 3.05) is 6.16 Å². The predicted octanol–water partition coefficient (Wildman–Crippen LogP) is 3.74. The summed E-state index contributed by atoms with van der Waals surface area (Å²) in [6.07, 6.45) is 6.84. The fourth-order valence-corrected chi connectivity index (χ4v) is 1.47. The van der Waals surface area contributed by atoms with Crippen LogP contribution in [0.25, 0.3) is 0 Å². The maximum Gasteiger partial charge on any atom is 0.273 e. The van der Waals surface area contributed by atoms with Crippen LogP contribution in [0.15, 0.2) is 24.3 Å². The number of hydrogen-bond acceptors (Lipinski definition) is 3. The first-order valence-electron chi connectivity index (χ1n) is 5.75. The van der Waals surface area contributed by atoms with Crippen LogP contribution in [0.1, 0.15) is 32.6 Å². The Morgan fingerprint density at radius 2 is 2.06 bits per heavy atom. The van der Waals surface area contributed by atoms with E-state index in [1.54, 1.807) is 0 Å². The molecule has 1 atom stereocenters. The quantitative estimate of drug-likeness (QED) is 0.378. The van der Waals surface area contributed by atoms with Crippen LogP contribution in [0.4, 0.5) is 5.69 Å². The zero-order valence-corrected chi connectivity index (χ0v) is 11.3. The van der Waals surface area contributed by atoms with E-state index in [2.05, 4.69) is 16.2 Å². The Morgan fingerprint density at radius 3 is 2.47 bits per heavy atom. The minimum atomic E-state index is -0.556. The first kappa shape index (κ1) is 15.9. The molecule has 4 nitrogen and oxygen atoms in total. The van der Waals surface area contributed by atoms with Gasteiger partial charge in [0.1, 0.15) is 5.75 Å². The highest BCUT2D eigenvalue weighted by Gasteiger charge is 2.03. The molecular weight excluding hydrogens is 237 g/mol. The van der Waals surface area contributed by atoms with Gasteiger partial charge in [-0.25, -0.2) is 0 Å². The fourth-order valence-electron chi connectivity index (χ4n) is 1.18. The van der Waals surface area contributed by atoms with Crippen LogP contribution in [0.2, 0.25) is 0 Å². The number of nitro groups is 1. The number of phenols is 1. The molecule has 1 aromatic rings. The molecular formula is C12H20NO3P. The van der Waals surface area contributed by atoms with E-state index >= 15 is 0 Å². The molecule has 0 saturated carbocycles. The molecule has 1 rings (SSSR count). The van der Waals surface area contributed by atoms with Gasteiger partial charge in [0.2, 0.25) is 0 Å². The van der Waals surface area contributed by atoms with Crippen molar-refractivity contribution in [3.8, 4) is 5.75 Å². The third-order valence-corrected chi connectivity index (χ3v) is 2.51. The molecule has 0 bridgehead atoms. The van der Waals surface area contributed by atoms with E-state index < -0.39 is 4.92 Å². The molecule has 0 aromatic heterocycles. The number of nitrogens with zero attached hydrogens (tertiary/aromatic N) is 1. The van der Waals surface area contributed by atoms with Crippen molar-refractivity contribution in [1.82, 2.24) is 0 Å². The van der Waals surface area contributed by atoms with Crippen molar-refractivity contribution in [3.63, 3.8) is 0 Å². The summed E-state index contributed by atoms with van der Waals surface area (Å²) in [5.41, 5.74) is -0.0972. The number of non-ortho nitro benzene ring substituents is 1. The molecule has 17 heavy (non-hydrogen) atoms. The van der Waals surface area contributed by atoms with E-state index in [1.165, 1.54) is 50.0 Å². The van der Waals surface area contributed by atoms with Gasteiger partial charge in [0.05, 0.1) is 11.0 Å². The van der Waals surface area contributed by atoms with E-state index in [0.717, 1.165) is 6.07 Å². The second-order valence-electron chi connectivity index (χ2n) is 3.63. The lowest BCUT2D eigenvalue weighted by Crippen LogP contribution is -1.85. The summed E-state index contributed by atoms with van der Waals surface area (Å²) < 4.78 is 0. The van der Waals surface area contributed by atoms with E-state index in [-0.39, 0.29) is 11.4 Å². The molecule has 1 unspecified atom stereocenters. The van der Waals surface area contributed by atoms with Gasteiger partial charge in [0.15, 0.2) is 0 Å². The Morgan fingerprint density at radius 1 is 1.35 bits per heavy atom. The highest BCUT2D eigenvalue weighted by atomic mass is 31.0. The molecule has 1 aromatic carbocycles. The van der Waals surface area contributed by atoms with Crippen molar-refractivity contribution in [3.05, 3.63) is 34.4 Å². The van der Waals surface area contributed by atoms with Crippen LogP contribution in [0, 0.1) is 10.1 Å². The van der Waals surface area contributed by atoms with Crippen molar-refractivity contribution in [2.45, 2.75) is 32.6 Å². The topological polar surface area (TPSA) is 63.4 Å². The van der Waals surface area contributed by atoms with Crippen LogP contribution >= 0.6 is 9.24 Å². The Hall–Kier alpha value is -1.15. The van der Waals surface area contributed by atoms with Crippen molar-refractivity contribution >= 4 is 14.9 Å². The van der Waals surface area contributed by atoms with Crippen molar-refractivity contribution < 1.29 is 10.0 Å². The smallest absolute Gasteiger partial charge is 0.273 e. The first-order valence-corrected chi connectivity index (χ1v) is 6.57. The lowest BCUT2D eigenvalue weighted by Gasteiger charge is -1.90. The molecule has 0 heterocycles. The normalized spacial score (nSPS) is 9.29. The summed E-state index contributed by atoms with van der Waals surface area (Å²) in [6.45, 7) is 2.24. The van der Waals surface area contributed by atoms with E-state index in [1.807, 2.05) is 0 Å². The minimum Gasteiger partial charge on any atom is -0.508 e. The molecule has 96 valence electrons. The monoisotopic (exact) mass is 257 g/mol. The van der Waals surface area contributed by atoms with Gasteiger partial charge in [-0.2, -0.15) is 0 Å². The largest absolute Gasteiger partial charge is 0.508 e. The van der Waals surface area contributed by atoms with Crippen molar-refractivity contribution in [1.29, 1.82) is 0 Å².